The Morgan fingerprint density at radius 2 is 1.96 bits per heavy atom. The monoisotopic (exact) mass is 396 g/mol. The molecule has 27 heavy (non-hydrogen) atoms. The fourth-order valence-corrected chi connectivity index (χ4v) is 2.54. The summed E-state index contributed by atoms with van der Waals surface area (Å²) in [5.41, 5.74) is -1.01. The maximum absolute atomic E-state index is 13.1. The minimum atomic E-state index is -4.57. The van der Waals surface area contributed by atoms with Gasteiger partial charge in [-0.25, -0.2) is 4.68 Å². The number of halogens is 4. The Balaban J connectivity index is 1.89. The molecule has 0 aliphatic rings. The summed E-state index contributed by atoms with van der Waals surface area (Å²) in [6.07, 6.45) is -3.46. The number of aromatic nitrogens is 3. The molecule has 0 aliphatic carbocycles. The number of rotatable bonds is 4. The van der Waals surface area contributed by atoms with Crippen LogP contribution in [0.1, 0.15) is 16.1 Å². The van der Waals surface area contributed by atoms with Gasteiger partial charge in [-0.15, -0.1) is 5.10 Å². The minimum Gasteiger partial charge on any atom is -0.495 e. The molecule has 1 amide bonds. The number of nitrogens with one attached hydrogen (secondary N) is 1. The molecule has 0 radical (unpaired) electrons. The van der Waals surface area contributed by atoms with Gasteiger partial charge in [0.2, 0.25) is 0 Å². The molecule has 1 N–H and O–H groups in total. The Bertz CT molecular complexity index is 988. The molecule has 2 aromatic carbocycles. The number of amides is 1. The van der Waals surface area contributed by atoms with Crippen molar-refractivity contribution in [2.24, 2.45) is 0 Å². The molecule has 0 saturated carbocycles. The summed E-state index contributed by atoms with van der Waals surface area (Å²) >= 11 is 5.90. The van der Waals surface area contributed by atoms with Crippen LogP contribution in [0.15, 0.2) is 48.7 Å². The van der Waals surface area contributed by atoms with Gasteiger partial charge in [0.1, 0.15) is 5.75 Å². The van der Waals surface area contributed by atoms with E-state index in [-0.39, 0.29) is 11.4 Å². The maximum Gasteiger partial charge on any atom is 0.418 e. The Morgan fingerprint density at radius 3 is 2.67 bits per heavy atom. The lowest BCUT2D eigenvalue weighted by atomic mass is 10.1. The van der Waals surface area contributed by atoms with Gasteiger partial charge in [0.25, 0.3) is 5.91 Å². The highest BCUT2D eigenvalue weighted by Crippen LogP contribution is 2.33. The number of hydrogen-bond acceptors (Lipinski definition) is 4. The predicted molar refractivity (Wildman–Crippen MR) is 92.3 cm³/mol. The Hall–Kier alpha value is -3.07. The molecule has 1 heterocycles. The second-order valence-corrected chi connectivity index (χ2v) is 5.80. The van der Waals surface area contributed by atoms with Gasteiger partial charge >= 0.3 is 6.18 Å². The Morgan fingerprint density at radius 1 is 1.22 bits per heavy atom. The molecule has 0 unspecified atom stereocenters. The third kappa shape index (κ3) is 4.03. The van der Waals surface area contributed by atoms with Crippen LogP contribution < -0.4 is 10.1 Å². The second kappa shape index (κ2) is 7.28. The van der Waals surface area contributed by atoms with E-state index in [9.17, 15) is 18.0 Å². The molecule has 10 heteroatoms. The molecule has 140 valence electrons. The number of ether oxygens (including phenoxy) is 1. The van der Waals surface area contributed by atoms with Crippen molar-refractivity contribution in [1.29, 1.82) is 0 Å². The van der Waals surface area contributed by atoms with Crippen LogP contribution in [0.25, 0.3) is 5.69 Å². The van der Waals surface area contributed by atoms with Crippen LogP contribution in [-0.4, -0.2) is 28.0 Å². The zero-order valence-electron chi connectivity index (χ0n) is 13.8. The van der Waals surface area contributed by atoms with Gasteiger partial charge < -0.3 is 10.1 Å². The molecule has 3 rings (SSSR count). The lowest BCUT2D eigenvalue weighted by Crippen LogP contribution is -2.13. The van der Waals surface area contributed by atoms with Crippen molar-refractivity contribution in [3.8, 4) is 11.4 Å². The zero-order valence-corrected chi connectivity index (χ0v) is 14.5. The number of carbonyl (C=O) groups excluding carboxylic acids is 1. The number of nitrogens with zero attached hydrogens (tertiary/aromatic N) is 3. The smallest absolute Gasteiger partial charge is 0.418 e. The highest BCUT2D eigenvalue weighted by molar-refractivity contribution is 6.31. The fraction of sp³-hybridized carbons (Fsp3) is 0.118. The van der Waals surface area contributed by atoms with Gasteiger partial charge in [-0.1, -0.05) is 28.9 Å². The summed E-state index contributed by atoms with van der Waals surface area (Å²) in [4.78, 5) is 12.4. The normalized spacial score (nSPS) is 11.3. The number of alkyl halides is 3. The van der Waals surface area contributed by atoms with Gasteiger partial charge in [-0.3, -0.25) is 4.79 Å². The predicted octanol–water partition coefficient (Wildman–Crippen LogP) is 4.20. The fourth-order valence-electron chi connectivity index (χ4n) is 2.36. The highest BCUT2D eigenvalue weighted by Gasteiger charge is 2.34. The number of methoxy groups -OCH3 is 1. The van der Waals surface area contributed by atoms with E-state index < -0.39 is 17.6 Å². The number of carbonyl (C=O) groups is 1. The van der Waals surface area contributed by atoms with E-state index in [1.54, 1.807) is 12.1 Å². The van der Waals surface area contributed by atoms with Crippen molar-refractivity contribution in [1.82, 2.24) is 15.0 Å². The molecule has 0 saturated heterocycles. The van der Waals surface area contributed by atoms with Crippen molar-refractivity contribution < 1.29 is 22.7 Å². The summed E-state index contributed by atoms with van der Waals surface area (Å²) in [7, 11) is 1.42. The average molecular weight is 397 g/mol. The van der Waals surface area contributed by atoms with Crippen LogP contribution in [0, 0.1) is 0 Å². The van der Waals surface area contributed by atoms with Crippen molar-refractivity contribution >= 4 is 23.2 Å². The van der Waals surface area contributed by atoms with Crippen molar-refractivity contribution in [3.05, 3.63) is 64.9 Å². The van der Waals surface area contributed by atoms with Crippen LogP contribution >= 0.6 is 11.6 Å². The number of anilines is 1. The van der Waals surface area contributed by atoms with E-state index >= 15 is 0 Å². The summed E-state index contributed by atoms with van der Waals surface area (Å²) in [6, 6.07) is 9.48. The van der Waals surface area contributed by atoms with Gasteiger partial charge in [-0.05, 0) is 30.3 Å². The number of benzene rings is 2. The first-order chi connectivity index (χ1) is 12.8. The molecule has 0 spiro atoms. The first kappa shape index (κ1) is 18.7. The van der Waals surface area contributed by atoms with Crippen molar-refractivity contribution in [2.45, 2.75) is 6.18 Å². The standard InChI is InChI=1S/C17H12ClF3N4O2/c1-27-15-7-6-10(18)8-12(15)22-16(26)13-9-25(24-23-13)14-5-3-2-4-11(14)17(19,20)21/h2-9H,1H3,(H,22,26). The van der Waals surface area contributed by atoms with Crippen LogP contribution in [0.2, 0.25) is 5.02 Å². The van der Waals surface area contributed by atoms with E-state index in [4.69, 9.17) is 16.3 Å². The molecular formula is C17H12ClF3N4O2. The first-order valence-corrected chi connectivity index (χ1v) is 7.91. The van der Waals surface area contributed by atoms with E-state index in [2.05, 4.69) is 15.6 Å². The van der Waals surface area contributed by atoms with Gasteiger partial charge in [0, 0.05) is 5.02 Å². The first-order valence-electron chi connectivity index (χ1n) is 7.53. The van der Waals surface area contributed by atoms with E-state index in [0.29, 0.717) is 16.5 Å². The maximum atomic E-state index is 13.1. The molecule has 0 atom stereocenters. The van der Waals surface area contributed by atoms with Crippen LogP contribution in [0.4, 0.5) is 18.9 Å². The summed E-state index contributed by atoms with van der Waals surface area (Å²) in [5, 5.41) is 10.2. The van der Waals surface area contributed by atoms with Crippen molar-refractivity contribution in [2.75, 3.05) is 12.4 Å². The quantitative estimate of drug-likeness (QED) is 0.717. The molecule has 1 aromatic heterocycles. The highest BCUT2D eigenvalue weighted by atomic mass is 35.5. The topological polar surface area (TPSA) is 69.0 Å². The third-order valence-corrected chi connectivity index (χ3v) is 3.83. The molecule has 3 aromatic rings. The lowest BCUT2D eigenvalue weighted by Gasteiger charge is -2.11. The average Bonchev–Trinajstić information content (AvgIpc) is 3.11. The summed E-state index contributed by atoms with van der Waals surface area (Å²) < 4.78 is 45.4. The summed E-state index contributed by atoms with van der Waals surface area (Å²) in [5.74, 6) is -0.311. The van der Waals surface area contributed by atoms with Gasteiger partial charge in [0.15, 0.2) is 5.69 Å². The summed E-state index contributed by atoms with van der Waals surface area (Å²) in [6.45, 7) is 0. The van der Waals surface area contributed by atoms with E-state index in [1.807, 2.05) is 0 Å². The largest absolute Gasteiger partial charge is 0.495 e. The molecule has 0 fully saturated rings. The molecule has 0 aliphatic heterocycles. The Kier molecular flexibility index (Phi) is 5.04. The third-order valence-electron chi connectivity index (χ3n) is 3.59. The zero-order chi connectivity index (χ0) is 19.6. The SMILES string of the molecule is COc1ccc(Cl)cc1NC(=O)c1cn(-c2ccccc2C(F)(F)F)nn1. The molecular weight excluding hydrogens is 385 g/mol. The lowest BCUT2D eigenvalue weighted by molar-refractivity contribution is -0.137. The van der Waals surface area contributed by atoms with Crippen LogP contribution in [0.3, 0.4) is 0 Å². The van der Waals surface area contributed by atoms with E-state index in [1.165, 1.54) is 31.4 Å². The number of hydrogen-bond donors (Lipinski definition) is 1. The van der Waals surface area contributed by atoms with Crippen LogP contribution in [0.5, 0.6) is 5.75 Å². The van der Waals surface area contributed by atoms with E-state index in [0.717, 1.165) is 16.9 Å². The molecule has 6 nitrogen and oxygen atoms in total. The minimum absolute atomic E-state index is 0.172. The van der Waals surface area contributed by atoms with Crippen molar-refractivity contribution in [3.63, 3.8) is 0 Å². The van der Waals surface area contributed by atoms with Gasteiger partial charge in [0.05, 0.1) is 30.2 Å². The second-order valence-electron chi connectivity index (χ2n) is 5.36. The van der Waals surface area contributed by atoms with Crippen LogP contribution in [-0.2, 0) is 6.18 Å². The number of para-hydroxylation sites is 1. The molecule has 0 bridgehead atoms. The Labute approximate surface area is 156 Å². The van der Waals surface area contributed by atoms with Gasteiger partial charge in [-0.2, -0.15) is 13.2 Å².